The van der Waals surface area contributed by atoms with E-state index < -0.39 is 0 Å². The molecule has 2 rings (SSSR count). The Morgan fingerprint density at radius 3 is 2.67 bits per heavy atom. The third-order valence-corrected chi connectivity index (χ3v) is 4.56. The molecule has 0 bridgehead atoms. The SMILES string of the molecule is CNC1CCCC1CN1CCCC1(C)C. The van der Waals surface area contributed by atoms with E-state index in [0.29, 0.717) is 5.54 Å². The van der Waals surface area contributed by atoms with E-state index in [1.54, 1.807) is 0 Å². The van der Waals surface area contributed by atoms with Gasteiger partial charge in [-0.15, -0.1) is 0 Å². The van der Waals surface area contributed by atoms with Crippen LogP contribution in [0.1, 0.15) is 46.0 Å². The maximum Gasteiger partial charge on any atom is 0.0153 e. The highest BCUT2D eigenvalue weighted by Crippen LogP contribution is 2.33. The first-order valence-corrected chi connectivity index (χ1v) is 6.56. The Kier molecular flexibility index (Phi) is 3.36. The Morgan fingerprint density at radius 1 is 1.27 bits per heavy atom. The number of likely N-dealkylation sites (tertiary alicyclic amines) is 1. The van der Waals surface area contributed by atoms with Crippen LogP contribution in [0.4, 0.5) is 0 Å². The molecule has 1 heterocycles. The van der Waals surface area contributed by atoms with Crippen LogP contribution in [0.2, 0.25) is 0 Å². The van der Waals surface area contributed by atoms with Gasteiger partial charge in [0.15, 0.2) is 0 Å². The molecule has 0 aromatic carbocycles. The summed E-state index contributed by atoms with van der Waals surface area (Å²) < 4.78 is 0. The third-order valence-electron chi connectivity index (χ3n) is 4.56. The van der Waals surface area contributed by atoms with Gasteiger partial charge in [-0.05, 0) is 59.0 Å². The quantitative estimate of drug-likeness (QED) is 0.768. The van der Waals surface area contributed by atoms with Gasteiger partial charge in [0, 0.05) is 18.1 Å². The number of hydrogen-bond acceptors (Lipinski definition) is 2. The summed E-state index contributed by atoms with van der Waals surface area (Å²) in [5.41, 5.74) is 0.459. The maximum absolute atomic E-state index is 3.49. The van der Waals surface area contributed by atoms with Crippen LogP contribution in [0.3, 0.4) is 0 Å². The van der Waals surface area contributed by atoms with Crippen molar-refractivity contribution in [3.05, 3.63) is 0 Å². The lowest BCUT2D eigenvalue weighted by Gasteiger charge is -2.35. The van der Waals surface area contributed by atoms with E-state index in [-0.39, 0.29) is 0 Å². The first-order chi connectivity index (χ1) is 7.13. The Labute approximate surface area is 94.4 Å². The zero-order chi connectivity index (χ0) is 10.9. The van der Waals surface area contributed by atoms with E-state index in [9.17, 15) is 0 Å². The van der Waals surface area contributed by atoms with Crippen LogP contribution in [-0.4, -0.2) is 36.6 Å². The number of rotatable bonds is 3. The molecule has 88 valence electrons. The molecule has 2 aliphatic rings. The monoisotopic (exact) mass is 210 g/mol. The lowest BCUT2D eigenvalue weighted by atomic mass is 9.98. The van der Waals surface area contributed by atoms with Crippen LogP contribution in [-0.2, 0) is 0 Å². The normalized spacial score (nSPS) is 36.2. The molecule has 15 heavy (non-hydrogen) atoms. The molecule has 0 amide bonds. The lowest BCUT2D eigenvalue weighted by Crippen LogP contribution is -2.44. The van der Waals surface area contributed by atoms with Gasteiger partial charge in [-0.2, -0.15) is 0 Å². The minimum atomic E-state index is 0.459. The average Bonchev–Trinajstić information content (AvgIpc) is 2.74. The Hall–Kier alpha value is -0.0800. The lowest BCUT2D eigenvalue weighted by molar-refractivity contribution is 0.140. The van der Waals surface area contributed by atoms with Crippen molar-refractivity contribution < 1.29 is 0 Å². The van der Waals surface area contributed by atoms with E-state index in [0.717, 1.165) is 12.0 Å². The van der Waals surface area contributed by atoms with E-state index in [1.807, 2.05) is 0 Å². The van der Waals surface area contributed by atoms with Gasteiger partial charge in [-0.25, -0.2) is 0 Å². The Morgan fingerprint density at radius 2 is 2.07 bits per heavy atom. The highest BCUT2D eigenvalue weighted by atomic mass is 15.2. The van der Waals surface area contributed by atoms with Crippen molar-refractivity contribution in [3.63, 3.8) is 0 Å². The molecule has 0 aromatic rings. The van der Waals surface area contributed by atoms with Crippen molar-refractivity contribution in [2.45, 2.75) is 57.5 Å². The molecule has 0 radical (unpaired) electrons. The zero-order valence-electron chi connectivity index (χ0n) is 10.6. The van der Waals surface area contributed by atoms with Crippen LogP contribution in [0.5, 0.6) is 0 Å². The summed E-state index contributed by atoms with van der Waals surface area (Å²) in [6.45, 7) is 7.45. The fourth-order valence-corrected chi connectivity index (χ4v) is 3.42. The van der Waals surface area contributed by atoms with Crippen LogP contribution < -0.4 is 5.32 Å². The van der Waals surface area contributed by atoms with Crippen molar-refractivity contribution in [2.75, 3.05) is 20.1 Å². The van der Waals surface area contributed by atoms with Crippen molar-refractivity contribution in [2.24, 2.45) is 5.92 Å². The first kappa shape index (κ1) is 11.4. The molecule has 2 fully saturated rings. The Balaban J connectivity index is 1.91. The fourth-order valence-electron chi connectivity index (χ4n) is 3.42. The van der Waals surface area contributed by atoms with Crippen molar-refractivity contribution in [1.82, 2.24) is 10.2 Å². The van der Waals surface area contributed by atoms with Gasteiger partial charge in [-0.1, -0.05) is 6.42 Å². The molecular weight excluding hydrogens is 184 g/mol. The van der Waals surface area contributed by atoms with Crippen molar-refractivity contribution in [1.29, 1.82) is 0 Å². The van der Waals surface area contributed by atoms with Crippen LogP contribution in [0, 0.1) is 5.92 Å². The van der Waals surface area contributed by atoms with Gasteiger partial charge < -0.3 is 5.32 Å². The van der Waals surface area contributed by atoms with Gasteiger partial charge in [0.2, 0.25) is 0 Å². The number of nitrogens with zero attached hydrogens (tertiary/aromatic N) is 1. The molecule has 1 saturated carbocycles. The molecule has 2 nitrogen and oxygen atoms in total. The maximum atomic E-state index is 3.49. The summed E-state index contributed by atoms with van der Waals surface area (Å²) in [5.74, 6) is 0.896. The summed E-state index contributed by atoms with van der Waals surface area (Å²) in [6.07, 6.45) is 7.01. The van der Waals surface area contributed by atoms with Gasteiger partial charge >= 0.3 is 0 Å². The standard InChI is InChI=1S/C13H26N2/c1-13(2)8-5-9-15(13)10-11-6-4-7-12(11)14-3/h11-12,14H,4-10H2,1-3H3. The topological polar surface area (TPSA) is 15.3 Å². The molecule has 1 aliphatic heterocycles. The Bertz CT molecular complexity index is 213. The highest BCUT2D eigenvalue weighted by molar-refractivity contribution is 4.92. The van der Waals surface area contributed by atoms with Crippen LogP contribution >= 0.6 is 0 Å². The van der Waals surface area contributed by atoms with E-state index in [2.05, 4.69) is 31.1 Å². The first-order valence-electron chi connectivity index (χ1n) is 6.56. The highest BCUT2D eigenvalue weighted by Gasteiger charge is 2.35. The molecule has 2 heteroatoms. The minimum Gasteiger partial charge on any atom is -0.317 e. The molecule has 1 saturated heterocycles. The third kappa shape index (κ3) is 2.36. The van der Waals surface area contributed by atoms with E-state index >= 15 is 0 Å². The second-order valence-electron chi connectivity index (χ2n) is 5.95. The summed E-state index contributed by atoms with van der Waals surface area (Å²) >= 11 is 0. The van der Waals surface area contributed by atoms with Gasteiger partial charge in [0.05, 0.1) is 0 Å². The number of hydrogen-bond donors (Lipinski definition) is 1. The van der Waals surface area contributed by atoms with Gasteiger partial charge in [-0.3, -0.25) is 4.90 Å². The molecule has 0 aromatic heterocycles. The minimum absolute atomic E-state index is 0.459. The average molecular weight is 210 g/mol. The van der Waals surface area contributed by atoms with Crippen LogP contribution in [0.25, 0.3) is 0 Å². The predicted molar refractivity (Wildman–Crippen MR) is 65.1 cm³/mol. The second-order valence-corrected chi connectivity index (χ2v) is 5.95. The van der Waals surface area contributed by atoms with Crippen molar-refractivity contribution in [3.8, 4) is 0 Å². The zero-order valence-corrected chi connectivity index (χ0v) is 10.6. The smallest absolute Gasteiger partial charge is 0.0153 e. The van der Waals surface area contributed by atoms with Gasteiger partial charge in [0.1, 0.15) is 0 Å². The second kappa shape index (κ2) is 4.42. The summed E-state index contributed by atoms with van der Waals surface area (Å²) in [7, 11) is 2.12. The van der Waals surface area contributed by atoms with Crippen LogP contribution in [0.15, 0.2) is 0 Å². The number of nitrogens with one attached hydrogen (secondary N) is 1. The summed E-state index contributed by atoms with van der Waals surface area (Å²) in [6, 6.07) is 0.779. The van der Waals surface area contributed by atoms with E-state index in [4.69, 9.17) is 0 Å². The molecule has 2 atom stereocenters. The van der Waals surface area contributed by atoms with Crippen molar-refractivity contribution >= 4 is 0 Å². The van der Waals surface area contributed by atoms with E-state index in [1.165, 1.54) is 45.2 Å². The molecule has 2 unspecified atom stereocenters. The summed E-state index contributed by atoms with van der Waals surface area (Å²) in [4.78, 5) is 2.72. The van der Waals surface area contributed by atoms with Gasteiger partial charge in [0.25, 0.3) is 0 Å². The fraction of sp³-hybridized carbons (Fsp3) is 1.00. The molecule has 1 aliphatic carbocycles. The molecule has 0 spiro atoms. The molecular formula is C13H26N2. The predicted octanol–water partition coefficient (Wildman–Crippen LogP) is 2.25. The molecule has 1 N–H and O–H groups in total. The summed E-state index contributed by atoms with van der Waals surface area (Å²) in [5, 5.41) is 3.49. The largest absolute Gasteiger partial charge is 0.317 e.